The molecule has 0 amide bonds. The van der Waals surface area contributed by atoms with Crippen molar-refractivity contribution in [3.63, 3.8) is 0 Å². The Hall–Kier alpha value is -0.300. The molecule has 7 heteroatoms. The predicted molar refractivity (Wildman–Crippen MR) is 52.3 cm³/mol. The maximum atomic E-state index is 12.7. The molecule has 2 rings (SSSR count). The zero-order chi connectivity index (χ0) is 12.0. The predicted octanol–water partition coefficient (Wildman–Crippen LogP) is 1.90. The van der Waals surface area contributed by atoms with Gasteiger partial charge in [-0.2, -0.15) is 17.5 Å². The summed E-state index contributed by atoms with van der Waals surface area (Å²) < 4.78 is 62.4. The third-order valence-corrected chi connectivity index (χ3v) is 5.51. The van der Waals surface area contributed by atoms with Crippen LogP contribution in [0.2, 0.25) is 0 Å². The Morgan fingerprint density at radius 2 is 1.69 bits per heavy atom. The third-order valence-electron chi connectivity index (χ3n) is 3.10. The largest absolute Gasteiger partial charge is 0.405 e. The fourth-order valence-corrected chi connectivity index (χ4v) is 4.17. The highest BCUT2D eigenvalue weighted by Crippen LogP contribution is 2.38. The summed E-state index contributed by atoms with van der Waals surface area (Å²) in [5.74, 6) is 0. The molecule has 1 aliphatic heterocycles. The highest BCUT2D eigenvalue weighted by atomic mass is 32.2. The van der Waals surface area contributed by atoms with Crippen LogP contribution in [0.25, 0.3) is 0 Å². The molecule has 0 N–H and O–H groups in total. The highest BCUT2D eigenvalue weighted by Gasteiger charge is 2.52. The van der Waals surface area contributed by atoms with E-state index in [2.05, 4.69) is 0 Å². The third kappa shape index (κ3) is 2.20. The second-order valence-electron chi connectivity index (χ2n) is 4.41. The normalized spacial score (nSPS) is 29.3. The van der Waals surface area contributed by atoms with Gasteiger partial charge in [-0.05, 0) is 25.7 Å². The molecule has 0 bridgehead atoms. The van der Waals surface area contributed by atoms with Crippen LogP contribution in [0.5, 0.6) is 0 Å². The number of hydrogen-bond acceptors (Lipinski definition) is 2. The molecule has 0 aromatic rings. The van der Waals surface area contributed by atoms with Crippen LogP contribution in [0.1, 0.15) is 32.1 Å². The summed E-state index contributed by atoms with van der Waals surface area (Å²) in [7, 11) is -3.71. The van der Waals surface area contributed by atoms with E-state index in [1.54, 1.807) is 0 Å². The van der Waals surface area contributed by atoms with E-state index in [9.17, 15) is 21.6 Å². The first kappa shape index (κ1) is 12.2. The van der Waals surface area contributed by atoms with Crippen LogP contribution < -0.4 is 0 Å². The smallest absolute Gasteiger partial charge is 0.212 e. The number of hydrogen-bond donors (Lipinski definition) is 0. The molecule has 1 atom stereocenters. The molecule has 0 aromatic heterocycles. The molecule has 94 valence electrons. The van der Waals surface area contributed by atoms with E-state index in [0.29, 0.717) is 30.0 Å². The van der Waals surface area contributed by atoms with Crippen molar-refractivity contribution in [3.05, 3.63) is 0 Å². The van der Waals surface area contributed by atoms with E-state index < -0.39 is 27.5 Å². The molecule has 0 aromatic carbocycles. The first-order valence-electron chi connectivity index (χ1n) is 5.41. The second kappa shape index (κ2) is 3.87. The van der Waals surface area contributed by atoms with Crippen molar-refractivity contribution in [1.82, 2.24) is 4.31 Å². The Kier molecular flexibility index (Phi) is 2.94. The highest BCUT2D eigenvalue weighted by molar-refractivity contribution is 7.90. The monoisotopic (exact) mass is 257 g/mol. The molecule has 1 aliphatic carbocycles. The molecule has 16 heavy (non-hydrogen) atoms. The number of sulfonamides is 1. The van der Waals surface area contributed by atoms with E-state index in [0.717, 1.165) is 0 Å². The number of alkyl halides is 3. The minimum Gasteiger partial charge on any atom is -0.212 e. The Morgan fingerprint density at radius 1 is 1.06 bits per heavy atom. The molecule has 1 heterocycles. The quantitative estimate of drug-likeness (QED) is 0.757. The number of rotatable bonds is 2. The summed E-state index contributed by atoms with van der Waals surface area (Å²) in [6.45, 7) is 0.0169. The fraction of sp³-hybridized carbons (Fsp3) is 1.00. The van der Waals surface area contributed by atoms with E-state index in [1.807, 2.05) is 0 Å². The summed E-state index contributed by atoms with van der Waals surface area (Å²) in [5.41, 5.74) is 0. The van der Waals surface area contributed by atoms with Gasteiger partial charge in [0.1, 0.15) is 6.04 Å². The Balaban J connectivity index is 2.23. The summed E-state index contributed by atoms with van der Waals surface area (Å²) in [6, 6.07) is -1.80. The minimum atomic E-state index is -4.44. The van der Waals surface area contributed by atoms with Gasteiger partial charge in [-0.3, -0.25) is 0 Å². The summed E-state index contributed by atoms with van der Waals surface area (Å²) in [6.07, 6.45) is -2.57. The SMILES string of the molecule is O=S(=O)(C1CC1)N1CCCCC1C(F)(F)F. The molecular weight excluding hydrogens is 243 g/mol. The lowest BCUT2D eigenvalue weighted by atomic mass is 10.1. The molecule has 1 saturated heterocycles. The Labute approximate surface area is 92.7 Å². The van der Waals surface area contributed by atoms with Gasteiger partial charge >= 0.3 is 6.18 Å². The first-order valence-corrected chi connectivity index (χ1v) is 6.91. The Bertz CT molecular complexity index is 361. The molecule has 3 nitrogen and oxygen atoms in total. The van der Waals surface area contributed by atoms with Crippen LogP contribution >= 0.6 is 0 Å². The molecule has 0 spiro atoms. The first-order chi connectivity index (χ1) is 7.33. The summed E-state index contributed by atoms with van der Waals surface area (Å²) >= 11 is 0. The van der Waals surface area contributed by atoms with Gasteiger partial charge in [0.2, 0.25) is 10.0 Å². The lowest BCUT2D eigenvalue weighted by Crippen LogP contribution is -2.52. The van der Waals surface area contributed by atoms with Gasteiger partial charge in [0.15, 0.2) is 0 Å². The number of halogens is 3. The maximum absolute atomic E-state index is 12.7. The zero-order valence-corrected chi connectivity index (χ0v) is 9.52. The molecule has 2 fully saturated rings. The van der Waals surface area contributed by atoms with Gasteiger partial charge in [0, 0.05) is 6.54 Å². The van der Waals surface area contributed by atoms with Crippen molar-refractivity contribution in [2.45, 2.75) is 49.6 Å². The van der Waals surface area contributed by atoms with E-state index >= 15 is 0 Å². The number of piperidine rings is 1. The van der Waals surface area contributed by atoms with Gasteiger partial charge < -0.3 is 0 Å². The average Bonchev–Trinajstić information content (AvgIpc) is 2.99. The lowest BCUT2D eigenvalue weighted by Gasteiger charge is -2.35. The van der Waals surface area contributed by atoms with Crippen LogP contribution in [0.4, 0.5) is 13.2 Å². The maximum Gasteiger partial charge on any atom is 0.405 e. The van der Waals surface area contributed by atoms with E-state index in [4.69, 9.17) is 0 Å². The minimum absolute atomic E-state index is 0.0169. The van der Waals surface area contributed by atoms with Crippen molar-refractivity contribution < 1.29 is 21.6 Å². The van der Waals surface area contributed by atoms with Crippen LogP contribution in [0.15, 0.2) is 0 Å². The van der Waals surface area contributed by atoms with E-state index in [-0.39, 0.29) is 13.0 Å². The number of nitrogens with zero attached hydrogens (tertiary/aromatic N) is 1. The topological polar surface area (TPSA) is 37.4 Å². The van der Waals surface area contributed by atoms with Crippen LogP contribution in [0.3, 0.4) is 0 Å². The van der Waals surface area contributed by atoms with Crippen molar-refractivity contribution in [1.29, 1.82) is 0 Å². The van der Waals surface area contributed by atoms with Crippen molar-refractivity contribution >= 4 is 10.0 Å². The molecule has 0 radical (unpaired) electrons. The van der Waals surface area contributed by atoms with Crippen LogP contribution in [-0.4, -0.2) is 36.7 Å². The van der Waals surface area contributed by atoms with Crippen molar-refractivity contribution in [2.24, 2.45) is 0 Å². The second-order valence-corrected chi connectivity index (χ2v) is 6.57. The molecule has 1 unspecified atom stereocenters. The molecule has 1 saturated carbocycles. The van der Waals surface area contributed by atoms with Gasteiger partial charge in [0.05, 0.1) is 5.25 Å². The standard InChI is InChI=1S/C9H14F3NO2S/c10-9(11,12)8-3-1-2-6-13(8)16(14,15)7-4-5-7/h7-8H,1-6H2. The van der Waals surface area contributed by atoms with Crippen molar-refractivity contribution in [3.8, 4) is 0 Å². The van der Waals surface area contributed by atoms with Crippen LogP contribution in [0, 0.1) is 0 Å². The summed E-state index contributed by atoms with van der Waals surface area (Å²) in [5, 5.41) is -0.560. The fourth-order valence-electron chi connectivity index (χ4n) is 2.09. The molecule has 2 aliphatic rings. The van der Waals surface area contributed by atoms with Gasteiger partial charge in [-0.1, -0.05) is 6.42 Å². The van der Waals surface area contributed by atoms with Gasteiger partial charge in [0.25, 0.3) is 0 Å². The zero-order valence-electron chi connectivity index (χ0n) is 8.70. The van der Waals surface area contributed by atoms with Crippen LogP contribution in [-0.2, 0) is 10.0 Å². The molecular formula is C9H14F3NO2S. The van der Waals surface area contributed by atoms with Gasteiger partial charge in [-0.15, -0.1) is 0 Å². The summed E-state index contributed by atoms with van der Waals surface area (Å²) in [4.78, 5) is 0. The lowest BCUT2D eigenvalue weighted by molar-refractivity contribution is -0.177. The van der Waals surface area contributed by atoms with Crippen molar-refractivity contribution in [2.75, 3.05) is 6.54 Å². The Morgan fingerprint density at radius 3 is 2.19 bits per heavy atom. The van der Waals surface area contributed by atoms with E-state index in [1.165, 1.54) is 0 Å². The average molecular weight is 257 g/mol. The van der Waals surface area contributed by atoms with Gasteiger partial charge in [-0.25, -0.2) is 8.42 Å².